The highest BCUT2D eigenvalue weighted by Crippen LogP contribution is 2.38. The molecule has 1 saturated carbocycles. The van der Waals surface area contributed by atoms with Crippen LogP contribution in [0.25, 0.3) is 21.9 Å². The Balaban J connectivity index is 1.50. The van der Waals surface area contributed by atoms with Crippen LogP contribution in [0, 0.1) is 17.6 Å². The zero-order valence-corrected chi connectivity index (χ0v) is 18.8. The number of halogens is 5. The second kappa shape index (κ2) is 10.2. The van der Waals surface area contributed by atoms with Crippen LogP contribution >= 0.6 is 0 Å². The van der Waals surface area contributed by atoms with E-state index in [4.69, 9.17) is 0 Å². The second-order valence-corrected chi connectivity index (χ2v) is 9.05. The van der Waals surface area contributed by atoms with Gasteiger partial charge >= 0.3 is 6.18 Å². The molecule has 0 N–H and O–H groups in total. The topological polar surface area (TPSA) is 9.23 Å². The first-order valence-corrected chi connectivity index (χ1v) is 11.6. The van der Waals surface area contributed by atoms with E-state index in [1.807, 2.05) is 18.2 Å². The van der Waals surface area contributed by atoms with Crippen molar-refractivity contribution in [3.05, 3.63) is 78.4 Å². The first-order valence-electron chi connectivity index (χ1n) is 11.6. The summed E-state index contributed by atoms with van der Waals surface area (Å²) < 4.78 is 70.5. The van der Waals surface area contributed by atoms with Crippen LogP contribution in [0.3, 0.4) is 0 Å². The van der Waals surface area contributed by atoms with Gasteiger partial charge in [-0.05, 0) is 84.6 Å². The van der Waals surface area contributed by atoms with Crippen LogP contribution < -0.4 is 4.74 Å². The molecule has 0 aliphatic heterocycles. The highest BCUT2D eigenvalue weighted by Gasteiger charge is 2.30. The lowest BCUT2D eigenvalue weighted by atomic mass is 9.77. The summed E-state index contributed by atoms with van der Waals surface area (Å²) in [6.45, 7) is 2.05. The van der Waals surface area contributed by atoms with Crippen LogP contribution in [-0.2, 0) is 0 Å². The molecule has 180 valence electrons. The first kappa shape index (κ1) is 24.2. The Hall–Kier alpha value is -2.89. The van der Waals surface area contributed by atoms with E-state index in [1.54, 1.807) is 12.1 Å². The summed E-state index contributed by atoms with van der Waals surface area (Å²) >= 11 is 0. The molecule has 0 atom stereocenters. The molecule has 0 radical (unpaired) electrons. The van der Waals surface area contributed by atoms with E-state index in [2.05, 4.69) is 23.4 Å². The zero-order valence-electron chi connectivity index (χ0n) is 18.8. The van der Waals surface area contributed by atoms with Crippen LogP contribution in [-0.4, -0.2) is 12.8 Å². The van der Waals surface area contributed by atoms with Crippen LogP contribution in [0.5, 0.6) is 5.75 Å². The van der Waals surface area contributed by atoms with Crippen LogP contribution in [0.2, 0.25) is 0 Å². The summed E-state index contributed by atoms with van der Waals surface area (Å²) in [5, 5.41) is 0.265. The molecular weight excluding hydrogens is 447 g/mol. The number of rotatable bonds is 7. The third-order valence-corrected chi connectivity index (χ3v) is 6.71. The maximum Gasteiger partial charge on any atom is 0.422 e. The number of fused-ring (bicyclic) bond motifs is 1. The first-order chi connectivity index (χ1) is 16.2. The van der Waals surface area contributed by atoms with Crippen LogP contribution in [0.4, 0.5) is 22.0 Å². The van der Waals surface area contributed by atoms with E-state index < -0.39 is 30.2 Å². The monoisotopic (exact) mass is 474 g/mol. The van der Waals surface area contributed by atoms with E-state index in [0.717, 1.165) is 29.5 Å². The normalized spacial score (nSPS) is 18.7. The molecule has 1 aliphatic carbocycles. The fraction of sp³-hybridized carbons (Fsp3) is 0.357. The van der Waals surface area contributed by atoms with Gasteiger partial charge in [-0.15, -0.1) is 6.58 Å². The lowest BCUT2D eigenvalue weighted by Gasteiger charge is -2.28. The Labute approximate surface area is 196 Å². The third-order valence-electron chi connectivity index (χ3n) is 6.71. The van der Waals surface area contributed by atoms with Crippen molar-refractivity contribution in [2.45, 2.75) is 50.6 Å². The Bertz CT molecular complexity index is 1140. The summed E-state index contributed by atoms with van der Waals surface area (Å²) in [6.07, 6.45) is 4.41. The SMILES string of the molecule is C=CCCC1CCC(c2ccc(-c3ccc4c(F)c(OCC(F)(F)F)c(F)cc4c3)cc2)CC1. The molecule has 4 rings (SSSR count). The average Bonchev–Trinajstić information content (AvgIpc) is 2.82. The quantitative estimate of drug-likeness (QED) is 0.245. The van der Waals surface area contributed by atoms with Gasteiger partial charge in [0, 0.05) is 5.39 Å². The van der Waals surface area contributed by atoms with E-state index in [0.29, 0.717) is 5.92 Å². The minimum atomic E-state index is -4.69. The van der Waals surface area contributed by atoms with Crippen molar-refractivity contribution in [2.24, 2.45) is 5.92 Å². The number of alkyl halides is 3. The smallest absolute Gasteiger partial charge is 0.422 e. The lowest BCUT2D eigenvalue weighted by Crippen LogP contribution is -2.20. The molecule has 34 heavy (non-hydrogen) atoms. The average molecular weight is 475 g/mol. The Morgan fingerprint density at radius 1 is 0.912 bits per heavy atom. The predicted octanol–water partition coefficient (Wildman–Crippen LogP) is 8.97. The predicted molar refractivity (Wildman–Crippen MR) is 125 cm³/mol. The fourth-order valence-electron chi connectivity index (χ4n) is 4.86. The summed E-state index contributed by atoms with van der Waals surface area (Å²) in [5.74, 6) is -1.98. The van der Waals surface area contributed by atoms with Crippen molar-refractivity contribution >= 4 is 10.8 Å². The number of benzene rings is 3. The van der Waals surface area contributed by atoms with Gasteiger partial charge in [0.05, 0.1) is 0 Å². The van der Waals surface area contributed by atoms with Crippen molar-refractivity contribution < 1.29 is 26.7 Å². The van der Waals surface area contributed by atoms with Gasteiger partial charge in [0.25, 0.3) is 0 Å². The van der Waals surface area contributed by atoms with Gasteiger partial charge in [-0.3, -0.25) is 0 Å². The zero-order chi connectivity index (χ0) is 24.3. The summed E-state index contributed by atoms with van der Waals surface area (Å²) in [4.78, 5) is 0. The highest BCUT2D eigenvalue weighted by atomic mass is 19.4. The summed E-state index contributed by atoms with van der Waals surface area (Å²) in [5.41, 5.74) is 2.98. The lowest BCUT2D eigenvalue weighted by molar-refractivity contribution is -0.154. The van der Waals surface area contributed by atoms with Gasteiger partial charge in [0.15, 0.2) is 24.0 Å². The maximum atomic E-state index is 14.7. The molecule has 0 saturated heterocycles. The third kappa shape index (κ3) is 5.60. The molecule has 1 aliphatic rings. The molecule has 0 heterocycles. The van der Waals surface area contributed by atoms with E-state index in [9.17, 15) is 22.0 Å². The molecule has 1 nitrogen and oxygen atoms in total. The standard InChI is InChI=1S/C28H27F5O/c1-2-3-4-18-5-7-19(8-6-18)20-9-11-21(12-10-20)22-13-14-24-23(15-22)16-25(29)27(26(24)30)34-17-28(31,32)33/h2,9-16,18-19H,1,3-8,17H2. The molecular formula is C28H27F5O. The van der Waals surface area contributed by atoms with Crippen LogP contribution in [0.1, 0.15) is 50.0 Å². The van der Waals surface area contributed by atoms with Crippen molar-refractivity contribution in [2.75, 3.05) is 6.61 Å². The maximum absolute atomic E-state index is 14.7. The number of allylic oxidation sites excluding steroid dienone is 1. The van der Waals surface area contributed by atoms with Gasteiger partial charge in [0.2, 0.25) is 0 Å². The molecule has 3 aromatic carbocycles. The summed E-state index contributed by atoms with van der Waals surface area (Å²) in [6, 6.07) is 14.0. The van der Waals surface area contributed by atoms with Gasteiger partial charge in [-0.25, -0.2) is 8.78 Å². The molecule has 0 spiro atoms. The molecule has 3 aromatic rings. The molecule has 0 bridgehead atoms. The number of ether oxygens (including phenoxy) is 1. The second-order valence-electron chi connectivity index (χ2n) is 9.05. The minimum Gasteiger partial charge on any atom is -0.478 e. The minimum absolute atomic E-state index is 0.00663. The van der Waals surface area contributed by atoms with E-state index >= 15 is 0 Å². The molecule has 6 heteroatoms. The van der Waals surface area contributed by atoms with Crippen molar-refractivity contribution in [3.8, 4) is 16.9 Å². The molecule has 0 unspecified atom stereocenters. The highest BCUT2D eigenvalue weighted by molar-refractivity contribution is 5.89. The Morgan fingerprint density at radius 3 is 2.24 bits per heavy atom. The Kier molecular flexibility index (Phi) is 7.24. The van der Waals surface area contributed by atoms with Crippen molar-refractivity contribution in [1.82, 2.24) is 0 Å². The van der Waals surface area contributed by atoms with E-state index in [-0.39, 0.29) is 10.8 Å². The number of hydrogen-bond acceptors (Lipinski definition) is 1. The van der Waals surface area contributed by atoms with Gasteiger partial charge in [0.1, 0.15) is 0 Å². The summed E-state index contributed by atoms with van der Waals surface area (Å²) in [7, 11) is 0. The molecule has 0 amide bonds. The van der Waals surface area contributed by atoms with Crippen molar-refractivity contribution in [3.63, 3.8) is 0 Å². The molecule has 1 fully saturated rings. The number of hydrogen-bond donors (Lipinski definition) is 0. The largest absolute Gasteiger partial charge is 0.478 e. The van der Waals surface area contributed by atoms with Crippen molar-refractivity contribution in [1.29, 1.82) is 0 Å². The molecule has 0 aromatic heterocycles. The van der Waals surface area contributed by atoms with Gasteiger partial charge in [-0.2, -0.15) is 13.2 Å². The van der Waals surface area contributed by atoms with E-state index in [1.165, 1.54) is 43.7 Å². The fourth-order valence-corrected chi connectivity index (χ4v) is 4.86. The van der Waals surface area contributed by atoms with Gasteiger partial charge in [-0.1, -0.05) is 42.5 Å². The van der Waals surface area contributed by atoms with Crippen LogP contribution in [0.15, 0.2) is 61.2 Å². The Morgan fingerprint density at radius 2 is 1.59 bits per heavy atom. The van der Waals surface area contributed by atoms with Gasteiger partial charge < -0.3 is 4.74 Å².